The summed E-state index contributed by atoms with van der Waals surface area (Å²) < 4.78 is 0. The summed E-state index contributed by atoms with van der Waals surface area (Å²) in [5.41, 5.74) is 1.31. The molecule has 2 nitrogen and oxygen atoms in total. The third-order valence-corrected chi connectivity index (χ3v) is 4.57. The van der Waals surface area contributed by atoms with E-state index < -0.39 is 0 Å². The smallest absolute Gasteiger partial charge is 0.0605 e. The molecule has 17 heavy (non-hydrogen) atoms. The van der Waals surface area contributed by atoms with Gasteiger partial charge in [0.2, 0.25) is 0 Å². The van der Waals surface area contributed by atoms with Crippen LogP contribution in [-0.2, 0) is 0 Å². The van der Waals surface area contributed by atoms with Crippen molar-refractivity contribution in [2.75, 3.05) is 0 Å². The Balaban J connectivity index is 1.99. The molecule has 2 aliphatic carbocycles. The van der Waals surface area contributed by atoms with E-state index in [1.807, 2.05) is 0 Å². The fraction of sp³-hybridized carbons (Fsp3) is 0.867. The molecule has 0 aromatic rings. The van der Waals surface area contributed by atoms with Crippen molar-refractivity contribution in [3.63, 3.8) is 0 Å². The van der Waals surface area contributed by atoms with E-state index in [0.29, 0.717) is 11.8 Å². The molecule has 2 saturated carbocycles. The number of aliphatic hydroxyl groups is 2. The van der Waals surface area contributed by atoms with Crippen LogP contribution in [0.5, 0.6) is 0 Å². The zero-order valence-electron chi connectivity index (χ0n) is 10.9. The maximum absolute atomic E-state index is 10.0. The molecule has 0 aromatic carbocycles. The lowest BCUT2D eigenvalue weighted by molar-refractivity contribution is 0.0806. The second-order valence-corrected chi connectivity index (χ2v) is 5.88. The Morgan fingerprint density at radius 1 is 0.882 bits per heavy atom. The van der Waals surface area contributed by atoms with Crippen LogP contribution >= 0.6 is 0 Å². The maximum Gasteiger partial charge on any atom is 0.0605 e. The lowest BCUT2D eigenvalue weighted by Gasteiger charge is -2.31. The molecule has 2 N–H and O–H groups in total. The van der Waals surface area contributed by atoms with Crippen molar-refractivity contribution >= 4 is 0 Å². The number of hydrogen-bond acceptors (Lipinski definition) is 2. The first kappa shape index (κ1) is 13.1. The first-order valence-corrected chi connectivity index (χ1v) is 7.23. The largest absolute Gasteiger partial charge is 0.393 e. The topological polar surface area (TPSA) is 40.5 Å². The highest BCUT2D eigenvalue weighted by atomic mass is 16.3. The van der Waals surface area contributed by atoms with Crippen molar-refractivity contribution in [2.24, 2.45) is 11.8 Å². The van der Waals surface area contributed by atoms with E-state index >= 15 is 0 Å². The summed E-state index contributed by atoms with van der Waals surface area (Å²) in [7, 11) is 0. The van der Waals surface area contributed by atoms with Crippen molar-refractivity contribution in [1.82, 2.24) is 0 Å². The van der Waals surface area contributed by atoms with E-state index in [-0.39, 0.29) is 12.2 Å². The van der Waals surface area contributed by atoms with Gasteiger partial charge in [-0.05, 0) is 32.6 Å². The minimum absolute atomic E-state index is 0.152. The Hall–Kier alpha value is -0.340. The van der Waals surface area contributed by atoms with Gasteiger partial charge in [0.15, 0.2) is 0 Å². The summed E-state index contributed by atoms with van der Waals surface area (Å²) in [5.74, 6) is 0.677. The number of rotatable bonds is 2. The number of hydrogen-bond donors (Lipinski definition) is 2. The lowest BCUT2D eigenvalue weighted by atomic mass is 9.78. The Morgan fingerprint density at radius 2 is 1.47 bits per heavy atom. The van der Waals surface area contributed by atoms with Gasteiger partial charge in [0, 0.05) is 11.8 Å². The van der Waals surface area contributed by atoms with E-state index in [4.69, 9.17) is 0 Å². The van der Waals surface area contributed by atoms with Gasteiger partial charge < -0.3 is 10.2 Å². The van der Waals surface area contributed by atoms with E-state index in [1.54, 1.807) is 0 Å². The van der Waals surface area contributed by atoms with E-state index in [0.717, 1.165) is 38.5 Å². The van der Waals surface area contributed by atoms with Crippen molar-refractivity contribution in [1.29, 1.82) is 0 Å². The van der Waals surface area contributed by atoms with Crippen LogP contribution < -0.4 is 0 Å². The Labute approximate surface area is 105 Å². The minimum Gasteiger partial charge on any atom is -0.393 e. The van der Waals surface area contributed by atoms with Crippen LogP contribution in [0.1, 0.15) is 58.3 Å². The number of aliphatic hydroxyl groups excluding tert-OH is 2. The average molecular weight is 238 g/mol. The molecule has 98 valence electrons. The second-order valence-electron chi connectivity index (χ2n) is 5.88. The molecule has 0 bridgehead atoms. The first-order valence-electron chi connectivity index (χ1n) is 7.23. The molecule has 4 atom stereocenters. The quantitative estimate of drug-likeness (QED) is 0.726. The molecular weight excluding hydrogens is 212 g/mol. The minimum atomic E-state index is -0.153. The molecule has 0 aromatic heterocycles. The fourth-order valence-corrected chi connectivity index (χ4v) is 3.44. The van der Waals surface area contributed by atoms with Gasteiger partial charge in [-0.2, -0.15) is 0 Å². The predicted octanol–water partition coefficient (Wildman–Crippen LogP) is 3.03. The molecule has 2 aliphatic rings. The van der Waals surface area contributed by atoms with Gasteiger partial charge in [0.05, 0.1) is 12.2 Å². The van der Waals surface area contributed by atoms with Crippen LogP contribution in [0.4, 0.5) is 0 Å². The Morgan fingerprint density at radius 3 is 2.12 bits per heavy atom. The molecule has 0 radical (unpaired) electrons. The first-order chi connectivity index (χ1) is 8.18. The zero-order chi connectivity index (χ0) is 12.3. The van der Waals surface area contributed by atoms with E-state index in [1.165, 1.54) is 18.4 Å². The monoisotopic (exact) mass is 238 g/mol. The summed E-state index contributed by atoms with van der Waals surface area (Å²) in [6.45, 7) is 2.14. The van der Waals surface area contributed by atoms with Crippen molar-refractivity contribution < 1.29 is 10.2 Å². The zero-order valence-corrected chi connectivity index (χ0v) is 10.9. The van der Waals surface area contributed by atoms with Crippen LogP contribution in [0.3, 0.4) is 0 Å². The van der Waals surface area contributed by atoms with Crippen LogP contribution in [0, 0.1) is 11.8 Å². The molecular formula is C15H26O2. The summed E-state index contributed by atoms with van der Waals surface area (Å²) >= 11 is 0. The third-order valence-electron chi connectivity index (χ3n) is 4.57. The van der Waals surface area contributed by atoms with Crippen molar-refractivity contribution in [3.05, 3.63) is 11.6 Å². The lowest BCUT2D eigenvalue weighted by Crippen LogP contribution is -2.27. The van der Waals surface area contributed by atoms with Crippen LogP contribution in [0.15, 0.2) is 11.6 Å². The maximum atomic E-state index is 10.0. The van der Waals surface area contributed by atoms with Gasteiger partial charge in [-0.3, -0.25) is 0 Å². The molecule has 2 rings (SSSR count). The third kappa shape index (κ3) is 3.32. The standard InChI is InChI=1S/C15H26O2/c1-11(13-7-3-5-9-15(13)17)10-12-6-2-4-8-14(12)16/h10,12-17H,2-9H2,1H3/b11-10+. The molecule has 2 fully saturated rings. The molecule has 0 amide bonds. The van der Waals surface area contributed by atoms with E-state index in [9.17, 15) is 10.2 Å². The summed E-state index contributed by atoms with van der Waals surface area (Å²) in [5, 5.41) is 20.0. The summed E-state index contributed by atoms with van der Waals surface area (Å²) in [6, 6.07) is 0. The molecule has 2 heteroatoms. The molecule has 0 heterocycles. The van der Waals surface area contributed by atoms with Gasteiger partial charge in [-0.1, -0.05) is 37.3 Å². The van der Waals surface area contributed by atoms with Crippen molar-refractivity contribution in [2.45, 2.75) is 70.5 Å². The van der Waals surface area contributed by atoms with Crippen LogP contribution in [0.25, 0.3) is 0 Å². The fourth-order valence-electron chi connectivity index (χ4n) is 3.44. The highest BCUT2D eigenvalue weighted by molar-refractivity contribution is 5.10. The summed E-state index contributed by atoms with van der Waals surface area (Å²) in [6.07, 6.45) is 10.9. The van der Waals surface area contributed by atoms with Crippen molar-refractivity contribution in [3.8, 4) is 0 Å². The van der Waals surface area contributed by atoms with Crippen LogP contribution in [0.2, 0.25) is 0 Å². The second kappa shape index (κ2) is 6.01. The SMILES string of the molecule is C/C(=C\C1CCCCC1O)C1CCCCC1O. The Kier molecular flexibility index (Phi) is 4.63. The molecule has 0 aliphatic heterocycles. The van der Waals surface area contributed by atoms with E-state index in [2.05, 4.69) is 13.0 Å². The predicted molar refractivity (Wildman–Crippen MR) is 69.7 cm³/mol. The average Bonchev–Trinajstić information content (AvgIpc) is 2.32. The molecule has 4 unspecified atom stereocenters. The normalized spacial score (nSPS) is 40.3. The van der Waals surface area contributed by atoms with Gasteiger partial charge in [0.25, 0.3) is 0 Å². The highest BCUT2D eigenvalue weighted by Crippen LogP contribution is 2.33. The summed E-state index contributed by atoms with van der Waals surface area (Å²) in [4.78, 5) is 0. The van der Waals surface area contributed by atoms with Crippen LogP contribution in [-0.4, -0.2) is 22.4 Å². The molecule has 0 saturated heterocycles. The Bertz CT molecular complexity index is 272. The van der Waals surface area contributed by atoms with Gasteiger partial charge >= 0.3 is 0 Å². The van der Waals surface area contributed by atoms with Gasteiger partial charge in [0.1, 0.15) is 0 Å². The van der Waals surface area contributed by atoms with Gasteiger partial charge in [-0.15, -0.1) is 0 Å². The highest BCUT2D eigenvalue weighted by Gasteiger charge is 2.26. The van der Waals surface area contributed by atoms with Gasteiger partial charge in [-0.25, -0.2) is 0 Å². The molecule has 0 spiro atoms.